The van der Waals surface area contributed by atoms with Crippen molar-refractivity contribution in [3.63, 3.8) is 0 Å². The van der Waals surface area contributed by atoms with Crippen LogP contribution in [0, 0.1) is 11.3 Å². The van der Waals surface area contributed by atoms with Crippen molar-refractivity contribution in [1.82, 2.24) is 4.90 Å². The molecule has 0 amide bonds. The Labute approximate surface area is 87.7 Å². The van der Waals surface area contributed by atoms with Crippen LogP contribution in [0.3, 0.4) is 0 Å². The zero-order valence-electron chi connectivity index (χ0n) is 9.92. The van der Waals surface area contributed by atoms with Gasteiger partial charge in [-0.2, -0.15) is 0 Å². The summed E-state index contributed by atoms with van der Waals surface area (Å²) in [6.45, 7) is 11.0. The highest BCUT2D eigenvalue weighted by atomic mass is 16.1. The highest BCUT2D eigenvalue weighted by molar-refractivity contribution is 5.53. The third-order valence-corrected chi connectivity index (χ3v) is 3.12. The number of nitrogens with zero attached hydrogens (tertiary/aromatic N) is 1. The molecule has 0 aromatic heterocycles. The fraction of sp³-hybridized carbons (Fsp3) is 0.917. The van der Waals surface area contributed by atoms with Crippen LogP contribution in [0.15, 0.2) is 0 Å². The summed E-state index contributed by atoms with van der Waals surface area (Å²) >= 11 is 0. The van der Waals surface area contributed by atoms with Gasteiger partial charge in [-0.1, -0.05) is 27.7 Å². The summed E-state index contributed by atoms with van der Waals surface area (Å²) in [5.74, 6) is 0.179. The Morgan fingerprint density at radius 2 is 2.14 bits per heavy atom. The van der Waals surface area contributed by atoms with E-state index >= 15 is 0 Å². The standard InChI is InChI=1S/C12H23NO/c1-10(9-14)8-13-7-5-6-11(13)12(2,3)4/h9-11H,5-8H2,1-4H3. The van der Waals surface area contributed by atoms with E-state index in [0.29, 0.717) is 11.5 Å². The second-order valence-electron chi connectivity index (χ2n) is 5.63. The van der Waals surface area contributed by atoms with Crippen molar-refractivity contribution in [3.05, 3.63) is 0 Å². The van der Waals surface area contributed by atoms with Gasteiger partial charge >= 0.3 is 0 Å². The summed E-state index contributed by atoms with van der Waals surface area (Å²) in [6.07, 6.45) is 3.64. The van der Waals surface area contributed by atoms with Gasteiger partial charge in [0, 0.05) is 18.5 Å². The van der Waals surface area contributed by atoms with Crippen molar-refractivity contribution in [3.8, 4) is 0 Å². The number of hydrogen-bond donors (Lipinski definition) is 0. The average Bonchev–Trinajstić information content (AvgIpc) is 2.51. The van der Waals surface area contributed by atoms with Gasteiger partial charge in [0.15, 0.2) is 0 Å². The van der Waals surface area contributed by atoms with Gasteiger partial charge in [-0.25, -0.2) is 0 Å². The number of rotatable bonds is 3. The molecule has 14 heavy (non-hydrogen) atoms. The summed E-state index contributed by atoms with van der Waals surface area (Å²) in [4.78, 5) is 13.1. The summed E-state index contributed by atoms with van der Waals surface area (Å²) in [5, 5.41) is 0. The van der Waals surface area contributed by atoms with Crippen molar-refractivity contribution in [2.75, 3.05) is 13.1 Å². The summed E-state index contributed by atoms with van der Waals surface area (Å²) in [5.41, 5.74) is 0.346. The molecule has 2 atom stereocenters. The average molecular weight is 197 g/mol. The highest BCUT2D eigenvalue weighted by Crippen LogP contribution is 2.32. The van der Waals surface area contributed by atoms with E-state index in [1.165, 1.54) is 19.4 Å². The molecule has 1 aliphatic heterocycles. The van der Waals surface area contributed by atoms with E-state index in [-0.39, 0.29) is 5.92 Å². The molecule has 1 saturated heterocycles. The SMILES string of the molecule is CC(C=O)CN1CCCC1C(C)(C)C. The van der Waals surface area contributed by atoms with Crippen LogP contribution < -0.4 is 0 Å². The van der Waals surface area contributed by atoms with Gasteiger partial charge in [0.2, 0.25) is 0 Å². The molecule has 2 nitrogen and oxygen atoms in total. The molecule has 82 valence electrons. The Bertz CT molecular complexity index is 195. The van der Waals surface area contributed by atoms with Crippen LogP contribution in [-0.4, -0.2) is 30.3 Å². The molecule has 0 aromatic rings. The van der Waals surface area contributed by atoms with Gasteiger partial charge in [0.25, 0.3) is 0 Å². The summed E-state index contributed by atoms with van der Waals surface area (Å²) in [7, 11) is 0. The molecule has 0 aromatic carbocycles. The first-order chi connectivity index (χ1) is 6.45. The lowest BCUT2D eigenvalue weighted by Crippen LogP contribution is -2.41. The quantitative estimate of drug-likeness (QED) is 0.647. The lowest BCUT2D eigenvalue weighted by Gasteiger charge is -2.35. The number of hydrogen-bond acceptors (Lipinski definition) is 2. The van der Waals surface area contributed by atoms with Gasteiger partial charge in [0.05, 0.1) is 0 Å². The van der Waals surface area contributed by atoms with Crippen LogP contribution in [0.2, 0.25) is 0 Å². The van der Waals surface area contributed by atoms with Crippen LogP contribution in [0.4, 0.5) is 0 Å². The van der Waals surface area contributed by atoms with E-state index in [0.717, 1.165) is 12.8 Å². The number of carbonyl (C=O) groups excluding carboxylic acids is 1. The van der Waals surface area contributed by atoms with Gasteiger partial charge in [-0.15, -0.1) is 0 Å². The lowest BCUT2D eigenvalue weighted by molar-refractivity contribution is -0.111. The minimum absolute atomic E-state index is 0.179. The minimum Gasteiger partial charge on any atom is -0.303 e. The van der Waals surface area contributed by atoms with Crippen LogP contribution in [0.1, 0.15) is 40.5 Å². The number of carbonyl (C=O) groups is 1. The largest absolute Gasteiger partial charge is 0.303 e. The van der Waals surface area contributed by atoms with Crippen LogP contribution >= 0.6 is 0 Å². The molecule has 0 bridgehead atoms. The lowest BCUT2D eigenvalue weighted by atomic mass is 9.85. The van der Waals surface area contributed by atoms with Gasteiger partial charge in [-0.3, -0.25) is 4.90 Å². The molecule has 1 rings (SSSR count). The predicted molar refractivity (Wildman–Crippen MR) is 59.3 cm³/mol. The monoisotopic (exact) mass is 197 g/mol. The highest BCUT2D eigenvalue weighted by Gasteiger charge is 2.34. The maximum atomic E-state index is 10.6. The Morgan fingerprint density at radius 3 is 2.64 bits per heavy atom. The normalized spacial score (nSPS) is 26.4. The first kappa shape index (κ1) is 11.7. The second-order valence-corrected chi connectivity index (χ2v) is 5.63. The van der Waals surface area contributed by atoms with Crippen molar-refractivity contribution in [1.29, 1.82) is 0 Å². The molecule has 0 radical (unpaired) electrons. The molecular formula is C12H23NO. The van der Waals surface area contributed by atoms with Crippen molar-refractivity contribution in [2.45, 2.75) is 46.6 Å². The summed E-state index contributed by atoms with van der Waals surface area (Å²) < 4.78 is 0. The molecule has 0 saturated carbocycles. The van der Waals surface area contributed by atoms with E-state index in [1.807, 2.05) is 6.92 Å². The Balaban J connectivity index is 2.55. The minimum atomic E-state index is 0.179. The smallest absolute Gasteiger partial charge is 0.124 e. The molecule has 1 fully saturated rings. The third kappa shape index (κ3) is 2.81. The van der Waals surface area contributed by atoms with Crippen LogP contribution in [-0.2, 0) is 4.79 Å². The van der Waals surface area contributed by atoms with Gasteiger partial charge < -0.3 is 4.79 Å². The molecule has 0 aliphatic carbocycles. The van der Waals surface area contributed by atoms with Gasteiger partial charge in [0.1, 0.15) is 6.29 Å². The van der Waals surface area contributed by atoms with E-state index in [9.17, 15) is 4.79 Å². The van der Waals surface area contributed by atoms with E-state index in [2.05, 4.69) is 25.7 Å². The van der Waals surface area contributed by atoms with Crippen molar-refractivity contribution in [2.24, 2.45) is 11.3 Å². The van der Waals surface area contributed by atoms with Crippen LogP contribution in [0.5, 0.6) is 0 Å². The molecule has 0 N–H and O–H groups in total. The van der Waals surface area contributed by atoms with E-state index in [1.54, 1.807) is 0 Å². The fourth-order valence-corrected chi connectivity index (χ4v) is 2.44. The number of aldehydes is 1. The van der Waals surface area contributed by atoms with Crippen molar-refractivity contribution >= 4 is 6.29 Å². The third-order valence-electron chi connectivity index (χ3n) is 3.12. The summed E-state index contributed by atoms with van der Waals surface area (Å²) in [6, 6.07) is 0.657. The molecular weight excluding hydrogens is 174 g/mol. The fourth-order valence-electron chi connectivity index (χ4n) is 2.44. The van der Waals surface area contributed by atoms with Crippen LogP contribution in [0.25, 0.3) is 0 Å². The molecule has 1 aliphatic rings. The first-order valence-electron chi connectivity index (χ1n) is 5.64. The molecule has 2 heteroatoms. The van der Waals surface area contributed by atoms with Crippen molar-refractivity contribution < 1.29 is 4.79 Å². The second kappa shape index (κ2) is 4.43. The molecule has 0 spiro atoms. The maximum absolute atomic E-state index is 10.6. The number of likely N-dealkylation sites (tertiary alicyclic amines) is 1. The zero-order chi connectivity index (χ0) is 10.8. The molecule has 2 unspecified atom stereocenters. The predicted octanol–water partition coefficient (Wildman–Crippen LogP) is 2.33. The zero-order valence-corrected chi connectivity index (χ0v) is 9.92. The van der Waals surface area contributed by atoms with Gasteiger partial charge in [-0.05, 0) is 24.8 Å². The Hall–Kier alpha value is -0.370. The van der Waals surface area contributed by atoms with E-state index in [4.69, 9.17) is 0 Å². The van der Waals surface area contributed by atoms with E-state index < -0.39 is 0 Å². The maximum Gasteiger partial charge on any atom is 0.124 e. The Kier molecular flexibility index (Phi) is 3.71. The topological polar surface area (TPSA) is 20.3 Å². The first-order valence-corrected chi connectivity index (χ1v) is 5.64. The molecule has 1 heterocycles. The Morgan fingerprint density at radius 1 is 1.50 bits per heavy atom.